The predicted molar refractivity (Wildman–Crippen MR) is 217 cm³/mol. The zero-order valence-electron chi connectivity index (χ0n) is 28.2. The minimum atomic E-state index is 0.647. The van der Waals surface area contributed by atoms with Crippen LogP contribution in [0.25, 0.3) is 99.5 Å². The van der Waals surface area contributed by atoms with E-state index in [1.54, 1.807) is 0 Å². The molecule has 0 aliphatic carbocycles. The average Bonchev–Trinajstić information content (AvgIpc) is 3.23. The maximum Gasteiger partial charge on any atom is 0.164 e. The molecule has 0 radical (unpaired) electrons. The summed E-state index contributed by atoms with van der Waals surface area (Å²) in [5.74, 6) is 1.94. The molecule has 0 aliphatic heterocycles. The molecule has 242 valence electrons. The van der Waals surface area contributed by atoms with Gasteiger partial charge in [0.1, 0.15) is 0 Å². The van der Waals surface area contributed by atoms with E-state index in [9.17, 15) is 0 Å². The molecule has 9 aromatic carbocycles. The fourth-order valence-electron chi connectivity index (χ4n) is 7.72. The first kappa shape index (κ1) is 29.9. The Hall–Kier alpha value is -6.97. The summed E-state index contributed by atoms with van der Waals surface area (Å²) in [5.41, 5.74) is 7.76. The van der Waals surface area contributed by atoms with Crippen LogP contribution in [0.15, 0.2) is 188 Å². The third kappa shape index (κ3) is 5.02. The first-order valence-corrected chi connectivity index (χ1v) is 17.6. The predicted octanol–water partition coefficient (Wildman–Crippen LogP) is 12.8. The van der Waals surface area contributed by atoms with Crippen molar-refractivity contribution in [1.82, 2.24) is 15.0 Å². The molecular formula is C49H31N3. The molecule has 52 heavy (non-hydrogen) atoms. The summed E-state index contributed by atoms with van der Waals surface area (Å²) in [7, 11) is 0. The van der Waals surface area contributed by atoms with E-state index in [1.165, 1.54) is 49.2 Å². The number of nitrogens with zero attached hydrogens (tertiary/aromatic N) is 3. The van der Waals surface area contributed by atoms with Crippen LogP contribution in [0.5, 0.6) is 0 Å². The molecule has 0 amide bonds. The third-order valence-electron chi connectivity index (χ3n) is 10.1. The first-order valence-electron chi connectivity index (χ1n) is 17.6. The van der Waals surface area contributed by atoms with Crippen molar-refractivity contribution in [2.24, 2.45) is 0 Å². The highest BCUT2D eigenvalue weighted by molar-refractivity contribution is 6.24. The van der Waals surface area contributed by atoms with Gasteiger partial charge in [0.05, 0.1) is 0 Å². The van der Waals surface area contributed by atoms with Gasteiger partial charge in [-0.3, -0.25) is 0 Å². The van der Waals surface area contributed by atoms with Gasteiger partial charge < -0.3 is 0 Å². The zero-order valence-corrected chi connectivity index (χ0v) is 28.2. The van der Waals surface area contributed by atoms with Crippen LogP contribution in [0.2, 0.25) is 0 Å². The van der Waals surface area contributed by atoms with Crippen LogP contribution in [0.3, 0.4) is 0 Å². The number of fused-ring (bicyclic) bond motifs is 4. The number of rotatable bonds is 5. The summed E-state index contributed by atoms with van der Waals surface area (Å²) in [6.45, 7) is 0. The number of aromatic nitrogens is 3. The lowest BCUT2D eigenvalue weighted by Gasteiger charge is -2.19. The molecule has 0 N–H and O–H groups in total. The zero-order chi connectivity index (χ0) is 34.4. The van der Waals surface area contributed by atoms with Crippen molar-refractivity contribution in [2.75, 3.05) is 0 Å². The molecule has 0 saturated carbocycles. The Labute approximate surface area is 301 Å². The third-order valence-corrected chi connectivity index (χ3v) is 10.1. The van der Waals surface area contributed by atoms with Crippen LogP contribution in [0.1, 0.15) is 0 Å². The van der Waals surface area contributed by atoms with E-state index in [-0.39, 0.29) is 0 Å². The van der Waals surface area contributed by atoms with Crippen molar-refractivity contribution in [3.63, 3.8) is 0 Å². The van der Waals surface area contributed by atoms with Crippen molar-refractivity contribution in [3.8, 4) is 56.4 Å². The monoisotopic (exact) mass is 661 g/mol. The highest BCUT2D eigenvalue weighted by atomic mass is 15.0. The standard InChI is InChI=1S/C49H31N3/c1-3-16-33(17-4-1)45-39-23-11-13-25-41(39)46(42-26-14-12-24-40(42)45)43-29-30-44(38-22-10-9-21-37(38)43)49-51-47(34-18-5-2-6-19-34)50-48(52-49)36-28-27-32-15-7-8-20-35(32)31-36/h1-31H. The summed E-state index contributed by atoms with van der Waals surface area (Å²) in [5, 5.41) is 9.50. The van der Waals surface area contributed by atoms with Crippen molar-refractivity contribution in [1.29, 1.82) is 0 Å². The molecular weight excluding hydrogens is 631 g/mol. The van der Waals surface area contributed by atoms with Crippen LogP contribution >= 0.6 is 0 Å². The molecule has 0 unspecified atom stereocenters. The topological polar surface area (TPSA) is 38.7 Å². The van der Waals surface area contributed by atoms with E-state index >= 15 is 0 Å². The van der Waals surface area contributed by atoms with Gasteiger partial charge >= 0.3 is 0 Å². The van der Waals surface area contributed by atoms with Gasteiger partial charge in [0.25, 0.3) is 0 Å². The van der Waals surface area contributed by atoms with Crippen molar-refractivity contribution < 1.29 is 0 Å². The van der Waals surface area contributed by atoms with E-state index in [2.05, 4.69) is 170 Å². The molecule has 0 atom stereocenters. The molecule has 0 bridgehead atoms. The van der Waals surface area contributed by atoms with E-state index in [1.807, 2.05) is 18.2 Å². The van der Waals surface area contributed by atoms with Gasteiger partial charge in [-0.1, -0.05) is 176 Å². The molecule has 1 heterocycles. The Morgan fingerprint density at radius 2 is 0.692 bits per heavy atom. The highest BCUT2D eigenvalue weighted by Gasteiger charge is 2.20. The quantitative estimate of drug-likeness (QED) is 0.172. The van der Waals surface area contributed by atoms with E-state index in [0.29, 0.717) is 17.5 Å². The molecule has 10 aromatic rings. The summed E-state index contributed by atoms with van der Waals surface area (Å²) >= 11 is 0. The minimum absolute atomic E-state index is 0.647. The van der Waals surface area contributed by atoms with Crippen LogP contribution in [0.4, 0.5) is 0 Å². The normalized spacial score (nSPS) is 11.5. The van der Waals surface area contributed by atoms with Crippen molar-refractivity contribution in [2.45, 2.75) is 0 Å². The summed E-state index contributed by atoms with van der Waals surface area (Å²) < 4.78 is 0. The largest absolute Gasteiger partial charge is 0.208 e. The van der Waals surface area contributed by atoms with Crippen LogP contribution in [-0.4, -0.2) is 15.0 Å². The molecule has 1 aromatic heterocycles. The van der Waals surface area contributed by atoms with Gasteiger partial charge in [-0.05, 0) is 77.5 Å². The average molecular weight is 662 g/mol. The second-order valence-electron chi connectivity index (χ2n) is 13.1. The molecule has 0 aliphatic rings. The van der Waals surface area contributed by atoms with Crippen molar-refractivity contribution >= 4 is 43.1 Å². The Morgan fingerprint density at radius 3 is 1.33 bits per heavy atom. The fraction of sp³-hybridized carbons (Fsp3) is 0. The van der Waals surface area contributed by atoms with Gasteiger partial charge in [-0.15, -0.1) is 0 Å². The highest BCUT2D eigenvalue weighted by Crippen LogP contribution is 2.46. The van der Waals surface area contributed by atoms with E-state index < -0.39 is 0 Å². The molecule has 0 spiro atoms. The maximum atomic E-state index is 5.18. The molecule has 0 saturated heterocycles. The van der Waals surface area contributed by atoms with Crippen LogP contribution < -0.4 is 0 Å². The maximum absolute atomic E-state index is 5.18. The Bertz CT molecular complexity index is 2890. The smallest absolute Gasteiger partial charge is 0.164 e. The van der Waals surface area contributed by atoms with Crippen molar-refractivity contribution in [3.05, 3.63) is 188 Å². The van der Waals surface area contributed by atoms with Gasteiger partial charge in [-0.2, -0.15) is 0 Å². The summed E-state index contributed by atoms with van der Waals surface area (Å²) in [6, 6.07) is 66.5. The van der Waals surface area contributed by atoms with Crippen LogP contribution in [0, 0.1) is 0 Å². The lowest BCUT2D eigenvalue weighted by Crippen LogP contribution is -2.01. The molecule has 0 fully saturated rings. The lowest BCUT2D eigenvalue weighted by molar-refractivity contribution is 1.08. The molecule has 3 heteroatoms. The number of hydrogen-bond acceptors (Lipinski definition) is 3. The summed E-state index contributed by atoms with van der Waals surface area (Å²) in [4.78, 5) is 15.3. The second-order valence-corrected chi connectivity index (χ2v) is 13.1. The van der Waals surface area contributed by atoms with Gasteiger partial charge in [0.2, 0.25) is 0 Å². The Balaban J connectivity index is 1.23. The van der Waals surface area contributed by atoms with Gasteiger partial charge in [0.15, 0.2) is 17.5 Å². The number of benzene rings is 9. The fourth-order valence-corrected chi connectivity index (χ4v) is 7.72. The first-order chi connectivity index (χ1) is 25.8. The minimum Gasteiger partial charge on any atom is -0.208 e. The van der Waals surface area contributed by atoms with E-state index in [4.69, 9.17) is 15.0 Å². The van der Waals surface area contributed by atoms with Crippen LogP contribution in [-0.2, 0) is 0 Å². The van der Waals surface area contributed by atoms with Gasteiger partial charge in [0, 0.05) is 16.7 Å². The lowest BCUT2D eigenvalue weighted by atomic mass is 9.84. The summed E-state index contributed by atoms with van der Waals surface area (Å²) in [6.07, 6.45) is 0. The Morgan fingerprint density at radius 1 is 0.250 bits per heavy atom. The van der Waals surface area contributed by atoms with Gasteiger partial charge in [-0.25, -0.2) is 15.0 Å². The number of hydrogen-bond donors (Lipinski definition) is 0. The SMILES string of the molecule is c1ccc(-c2nc(-c3ccc4ccccc4c3)nc(-c3ccc(-c4c5ccccc5c(-c5ccccc5)c5ccccc45)c4ccccc34)n2)cc1. The Kier molecular flexibility index (Phi) is 7.14. The van der Waals surface area contributed by atoms with E-state index in [0.717, 1.165) is 32.8 Å². The second kappa shape index (κ2) is 12.4. The molecule has 10 rings (SSSR count). The molecule has 3 nitrogen and oxygen atoms in total.